The third-order valence-corrected chi connectivity index (χ3v) is 3.70. The molecule has 0 aromatic heterocycles. The maximum Gasteiger partial charge on any atom is 0.224 e. The monoisotopic (exact) mass is 268 g/mol. The van der Waals surface area contributed by atoms with Crippen molar-refractivity contribution in [1.82, 2.24) is 5.32 Å². The molecule has 0 radical (unpaired) electrons. The second kappa shape index (κ2) is 6.21. The zero-order valence-electron chi connectivity index (χ0n) is 10.7. The summed E-state index contributed by atoms with van der Waals surface area (Å²) < 4.78 is 0. The Morgan fingerprint density at radius 1 is 1.39 bits per heavy atom. The Bertz CT molecular complexity index is 390. The largest absolute Gasteiger partial charge is 0.346 e. The molecule has 1 atom stereocenters. The molecule has 3 nitrogen and oxygen atoms in total. The summed E-state index contributed by atoms with van der Waals surface area (Å²) >= 11 is 0. The van der Waals surface area contributed by atoms with Gasteiger partial charge in [0.15, 0.2) is 0 Å². The van der Waals surface area contributed by atoms with Crippen LogP contribution in [0.15, 0.2) is 30.3 Å². The summed E-state index contributed by atoms with van der Waals surface area (Å²) in [6, 6.07) is 10.2. The fourth-order valence-electron chi connectivity index (χ4n) is 2.24. The van der Waals surface area contributed by atoms with Crippen LogP contribution in [-0.2, 0) is 10.3 Å². The smallest absolute Gasteiger partial charge is 0.224 e. The topological polar surface area (TPSA) is 55.1 Å². The van der Waals surface area contributed by atoms with Crippen LogP contribution < -0.4 is 11.1 Å². The van der Waals surface area contributed by atoms with Gasteiger partial charge in [0.2, 0.25) is 5.91 Å². The van der Waals surface area contributed by atoms with E-state index < -0.39 is 0 Å². The van der Waals surface area contributed by atoms with Gasteiger partial charge in [0.1, 0.15) is 0 Å². The first-order chi connectivity index (χ1) is 8.18. The highest BCUT2D eigenvalue weighted by Gasteiger charge is 2.40. The summed E-state index contributed by atoms with van der Waals surface area (Å²) in [5.74, 6) is -0.0489. The van der Waals surface area contributed by atoms with Crippen LogP contribution in [0.3, 0.4) is 0 Å². The van der Waals surface area contributed by atoms with Gasteiger partial charge in [-0.3, -0.25) is 4.79 Å². The molecule has 100 valence electrons. The number of benzene rings is 1. The molecule has 1 aromatic rings. The van der Waals surface area contributed by atoms with Gasteiger partial charge in [0.05, 0.1) is 5.54 Å². The second-order valence-corrected chi connectivity index (χ2v) is 4.93. The first-order valence-corrected chi connectivity index (χ1v) is 6.25. The highest BCUT2D eigenvalue weighted by molar-refractivity contribution is 5.85. The number of carbonyl (C=O) groups is 1. The summed E-state index contributed by atoms with van der Waals surface area (Å²) in [5, 5.41) is 3.18. The molecule has 1 unspecified atom stereocenters. The second-order valence-electron chi connectivity index (χ2n) is 4.93. The number of nitrogens with one attached hydrogen (secondary N) is 1. The van der Waals surface area contributed by atoms with E-state index in [1.165, 1.54) is 12.0 Å². The first-order valence-electron chi connectivity index (χ1n) is 6.25. The molecule has 1 aromatic carbocycles. The highest BCUT2D eigenvalue weighted by Crippen LogP contribution is 2.41. The average Bonchev–Trinajstić information content (AvgIpc) is 2.33. The number of halogens is 1. The van der Waals surface area contributed by atoms with E-state index in [2.05, 4.69) is 17.4 Å². The average molecular weight is 269 g/mol. The van der Waals surface area contributed by atoms with Crippen molar-refractivity contribution >= 4 is 18.3 Å². The molecule has 2 rings (SSSR count). The Balaban J connectivity index is 0.00000162. The molecule has 18 heavy (non-hydrogen) atoms. The number of hydrogen-bond acceptors (Lipinski definition) is 2. The van der Waals surface area contributed by atoms with E-state index in [1.807, 2.05) is 25.1 Å². The number of carbonyl (C=O) groups excluding carboxylic acids is 1. The maximum atomic E-state index is 12.0. The molecular weight excluding hydrogens is 248 g/mol. The van der Waals surface area contributed by atoms with Gasteiger partial charge in [0, 0.05) is 12.5 Å². The molecule has 1 saturated carbocycles. The molecule has 0 bridgehead atoms. The molecule has 3 N–H and O–H groups in total. The van der Waals surface area contributed by atoms with E-state index in [-0.39, 0.29) is 29.8 Å². The zero-order chi connectivity index (χ0) is 12.3. The number of nitrogens with two attached hydrogens (primary N) is 1. The Kier molecular flexibility index (Phi) is 5.17. The van der Waals surface area contributed by atoms with Crippen molar-refractivity contribution in [2.24, 2.45) is 11.7 Å². The normalized spacial score (nSPS) is 18.1. The molecule has 1 aliphatic rings. The van der Waals surface area contributed by atoms with Gasteiger partial charge >= 0.3 is 0 Å². The van der Waals surface area contributed by atoms with E-state index in [0.717, 1.165) is 12.8 Å². The fraction of sp³-hybridized carbons (Fsp3) is 0.500. The summed E-state index contributed by atoms with van der Waals surface area (Å²) in [6.45, 7) is 2.27. The molecule has 1 aliphatic carbocycles. The van der Waals surface area contributed by atoms with Crippen molar-refractivity contribution in [2.75, 3.05) is 6.54 Å². The Labute approximate surface area is 115 Å². The van der Waals surface area contributed by atoms with Crippen LogP contribution in [0.4, 0.5) is 0 Å². The first kappa shape index (κ1) is 15.0. The van der Waals surface area contributed by atoms with E-state index in [9.17, 15) is 4.79 Å². The van der Waals surface area contributed by atoms with Crippen LogP contribution in [0.5, 0.6) is 0 Å². The standard InChI is InChI=1S/C14H20N2O.ClH/c1-11(10-15)13(17)16-14(8-5-9-14)12-6-3-2-4-7-12;/h2-4,6-7,11H,5,8-10,15H2,1H3,(H,16,17);1H. The van der Waals surface area contributed by atoms with Crippen molar-refractivity contribution < 1.29 is 4.79 Å². The molecule has 1 amide bonds. The van der Waals surface area contributed by atoms with Crippen LogP contribution in [0, 0.1) is 5.92 Å². The Morgan fingerprint density at radius 3 is 2.44 bits per heavy atom. The third-order valence-electron chi connectivity index (χ3n) is 3.70. The summed E-state index contributed by atoms with van der Waals surface area (Å²) in [4.78, 5) is 12.0. The SMILES string of the molecule is CC(CN)C(=O)NC1(c2ccccc2)CCC1.Cl. The summed E-state index contributed by atoms with van der Waals surface area (Å²) in [5.41, 5.74) is 6.60. The van der Waals surface area contributed by atoms with Gasteiger partial charge in [-0.1, -0.05) is 37.3 Å². The zero-order valence-corrected chi connectivity index (χ0v) is 11.5. The molecular formula is C14H21ClN2O. The predicted octanol–water partition coefficient (Wildman–Crippen LogP) is 2.20. The van der Waals surface area contributed by atoms with Crippen molar-refractivity contribution in [3.05, 3.63) is 35.9 Å². The van der Waals surface area contributed by atoms with Crippen LogP contribution in [0.2, 0.25) is 0 Å². The minimum atomic E-state index is -0.137. The van der Waals surface area contributed by atoms with Gasteiger partial charge in [-0.25, -0.2) is 0 Å². The molecule has 1 fully saturated rings. The van der Waals surface area contributed by atoms with E-state index in [1.54, 1.807) is 0 Å². The van der Waals surface area contributed by atoms with Crippen molar-refractivity contribution in [2.45, 2.75) is 31.7 Å². The van der Waals surface area contributed by atoms with Crippen LogP contribution >= 0.6 is 12.4 Å². The third kappa shape index (κ3) is 2.85. The van der Waals surface area contributed by atoms with E-state index >= 15 is 0 Å². The van der Waals surface area contributed by atoms with Crippen LogP contribution in [0.25, 0.3) is 0 Å². The van der Waals surface area contributed by atoms with Gasteiger partial charge in [-0.15, -0.1) is 12.4 Å². The van der Waals surface area contributed by atoms with Crippen molar-refractivity contribution in [3.8, 4) is 0 Å². The molecule has 0 saturated heterocycles. The molecule has 4 heteroatoms. The van der Waals surface area contributed by atoms with Gasteiger partial charge in [-0.05, 0) is 24.8 Å². The summed E-state index contributed by atoms with van der Waals surface area (Å²) in [6.07, 6.45) is 3.23. The number of amides is 1. The molecule has 0 aliphatic heterocycles. The lowest BCUT2D eigenvalue weighted by atomic mass is 9.71. The maximum absolute atomic E-state index is 12.0. The van der Waals surface area contributed by atoms with Gasteiger partial charge < -0.3 is 11.1 Å². The van der Waals surface area contributed by atoms with Crippen molar-refractivity contribution in [1.29, 1.82) is 0 Å². The Morgan fingerprint density at radius 2 is 2.00 bits per heavy atom. The minimum absolute atomic E-state index is 0. The quantitative estimate of drug-likeness (QED) is 0.880. The fourth-order valence-corrected chi connectivity index (χ4v) is 2.24. The lowest BCUT2D eigenvalue weighted by Gasteiger charge is -2.43. The van der Waals surface area contributed by atoms with Crippen LogP contribution in [0.1, 0.15) is 31.7 Å². The lowest BCUT2D eigenvalue weighted by Crippen LogP contribution is -2.52. The van der Waals surface area contributed by atoms with E-state index in [0.29, 0.717) is 6.54 Å². The Hall–Kier alpha value is -1.06. The number of rotatable bonds is 4. The molecule has 0 spiro atoms. The molecule has 0 heterocycles. The van der Waals surface area contributed by atoms with Gasteiger partial charge in [-0.2, -0.15) is 0 Å². The number of hydrogen-bond donors (Lipinski definition) is 2. The summed E-state index contributed by atoms with van der Waals surface area (Å²) in [7, 11) is 0. The predicted molar refractivity (Wildman–Crippen MR) is 75.6 cm³/mol. The minimum Gasteiger partial charge on any atom is -0.346 e. The van der Waals surface area contributed by atoms with Gasteiger partial charge in [0.25, 0.3) is 0 Å². The van der Waals surface area contributed by atoms with E-state index in [4.69, 9.17) is 5.73 Å². The van der Waals surface area contributed by atoms with Crippen LogP contribution in [-0.4, -0.2) is 12.5 Å². The van der Waals surface area contributed by atoms with Crippen molar-refractivity contribution in [3.63, 3.8) is 0 Å². The highest BCUT2D eigenvalue weighted by atomic mass is 35.5. The lowest BCUT2D eigenvalue weighted by molar-refractivity contribution is -0.127.